The quantitative estimate of drug-likeness (QED) is 0.456. The number of halogens is 1. The maximum atomic E-state index is 11.9. The van der Waals surface area contributed by atoms with Crippen LogP contribution in [0.2, 0.25) is 5.02 Å². The molecule has 0 aliphatic heterocycles. The maximum Gasteiger partial charge on any atom is 0.457 e. The molecule has 1 aromatic rings. The van der Waals surface area contributed by atoms with Crippen molar-refractivity contribution in [1.29, 1.82) is 0 Å². The summed E-state index contributed by atoms with van der Waals surface area (Å²) in [5, 5.41) is 2.62. The number of ether oxygens (including phenoxy) is 1. The molecule has 0 radical (unpaired) electrons. The highest BCUT2D eigenvalue weighted by Gasteiger charge is 2.29. The van der Waals surface area contributed by atoms with Gasteiger partial charge >= 0.3 is 13.7 Å². The highest BCUT2D eigenvalue weighted by molar-refractivity contribution is 7.51. The van der Waals surface area contributed by atoms with E-state index in [4.69, 9.17) is 20.9 Å². The molecule has 0 aliphatic carbocycles. The number of benzene rings is 1. The average molecular weight is 320 g/mol. The first-order valence-electron chi connectivity index (χ1n) is 5.73. The third kappa shape index (κ3) is 5.35. The second-order valence-electron chi connectivity index (χ2n) is 3.66. The summed E-state index contributed by atoms with van der Waals surface area (Å²) < 4.78 is 21.5. The van der Waals surface area contributed by atoms with E-state index < -0.39 is 19.8 Å². The highest BCUT2D eigenvalue weighted by atomic mass is 35.5. The molecular formula is C12H15ClNO5P. The molecule has 2 N–H and O–H groups in total. The van der Waals surface area contributed by atoms with Gasteiger partial charge in [-0.15, -0.1) is 6.58 Å². The molecule has 1 rings (SSSR count). The van der Waals surface area contributed by atoms with E-state index >= 15 is 0 Å². The van der Waals surface area contributed by atoms with E-state index in [1.54, 1.807) is 6.92 Å². The largest absolute Gasteiger partial charge is 0.465 e. The fraction of sp³-hybridized carbons (Fsp3) is 0.250. The van der Waals surface area contributed by atoms with Gasteiger partial charge in [-0.25, -0.2) is 9.36 Å². The predicted octanol–water partition coefficient (Wildman–Crippen LogP) is 2.53. The predicted molar refractivity (Wildman–Crippen MR) is 75.7 cm³/mol. The third-order valence-electron chi connectivity index (χ3n) is 2.12. The zero-order valence-corrected chi connectivity index (χ0v) is 12.4. The first-order chi connectivity index (χ1) is 9.38. The summed E-state index contributed by atoms with van der Waals surface area (Å²) in [6.45, 7) is 5.18. The van der Waals surface area contributed by atoms with Gasteiger partial charge in [0.25, 0.3) is 0 Å². The molecule has 0 saturated heterocycles. The lowest BCUT2D eigenvalue weighted by Gasteiger charge is -2.18. The van der Waals surface area contributed by atoms with Gasteiger partial charge in [-0.2, -0.15) is 5.09 Å². The molecule has 0 bridgehead atoms. The lowest BCUT2D eigenvalue weighted by atomic mass is 10.3. The minimum Gasteiger partial charge on any atom is -0.465 e. The van der Waals surface area contributed by atoms with Gasteiger partial charge in [-0.3, -0.25) is 0 Å². The van der Waals surface area contributed by atoms with Crippen LogP contribution >= 0.6 is 19.3 Å². The Hall–Kier alpha value is -1.33. The molecule has 2 atom stereocenters. The SMILES string of the molecule is C=C[C@H](NP(=O)(O)Oc1ccc(Cl)cc1)C(=O)OCC. The number of carbonyl (C=O) groups excluding carboxylic acids is 1. The van der Waals surface area contributed by atoms with Crippen LogP contribution in [0.3, 0.4) is 0 Å². The number of esters is 1. The number of hydrogen-bond acceptors (Lipinski definition) is 4. The zero-order chi connectivity index (χ0) is 15.2. The van der Waals surface area contributed by atoms with Crippen LogP contribution in [0, 0.1) is 0 Å². The molecule has 110 valence electrons. The zero-order valence-electron chi connectivity index (χ0n) is 10.8. The molecule has 0 spiro atoms. The van der Waals surface area contributed by atoms with E-state index in [0.29, 0.717) is 5.02 Å². The maximum absolute atomic E-state index is 11.9. The normalized spacial score (nSPS) is 14.9. The number of carbonyl (C=O) groups is 1. The van der Waals surface area contributed by atoms with Crippen LogP contribution in [0.25, 0.3) is 0 Å². The molecule has 8 heteroatoms. The molecule has 1 unspecified atom stereocenters. The second-order valence-corrected chi connectivity index (χ2v) is 5.58. The molecule has 0 aromatic heterocycles. The van der Waals surface area contributed by atoms with Gasteiger partial charge in [0.05, 0.1) is 6.61 Å². The lowest BCUT2D eigenvalue weighted by Crippen LogP contribution is -2.35. The molecule has 0 saturated carbocycles. The van der Waals surface area contributed by atoms with Crippen molar-refractivity contribution in [3.05, 3.63) is 41.9 Å². The first-order valence-corrected chi connectivity index (χ1v) is 7.68. The van der Waals surface area contributed by atoms with Crippen molar-refractivity contribution in [2.75, 3.05) is 6.61 Å². The fourth-order valence-corrected chi connectivity index (χ4v) is 2.42. The minimum atomic E-state index is -4.24. The summed E-state index contributed by atoms with van der Waals surface area (Å²) >= 11 is 5.69. The average Bonchev–Trinajstić information content (AvgIpc) is 2.39. The van der Waals surface area contributed by atoms with Crippen LogP contribution in [0.4, 0.5) is 0 Å². The van der Waals surface area contributed by atoms with Gasteiger partial charge in [0.1, 0.15) is 11.8 Å². The minimum absolute atomic E-state index is 0.138. The van der Waals surface area contributed by atoms with E-state index in [1.807, 2.05) is 0 Å². The number of rotatable bonds is 7. The Labute approximate surface area is 121 Å². The summed E-state index contributed by atoms with van der Waals surface area (Å²) in [6, 6.07) is 4.74. The van der Waals surface area contributed by atoms with E-state index in [1.165, 1.54) is 24.3 Å². The summed E-state index contributed by atoms with van der Waals surface area (Å²) in [4.78, 5) is 21.2. The van der Waals surface area contributed by atoms with Crippen molar-refractivity contribution in [2.45, 2.75) is 13.0 Å². The summed E-state index contributed by atoms with van der Waals surface area (Å²) in [5.74, 6) is -0.573. The Morgan fingerprint density at radius 3 is 2.65 bits per heavy atom. The standard InChI is InChI=1S/C12H15ClNO5P/c1-3-11(12(15)18-4-2)14-20(16,17)19-10-7-5-9(13)6-8-10/h3,5-8,11H,1,4H2,2H3,(H2,14,16,17)/t11-/m0/s1. The Kier molecular flexibility index (Phi) is 6.23. The van der Waals surface area contributed by atoms with Crippen molar-refractivity contribution in [3.63, 3.8) is 0 Å². The van der Waals surface area contributed by atoms with Gasteiger partial charge in [0, 0.05) is 5.02 Å². The van der Waals surface area contributed by atoms with E-state index in [9.17, 15) is 14.3 Å². The van der Waals surface area contributed by atoms with Crippen LogP contribution in [-0.2, 0) is 14.1 Å². The highest BCUT2D eigenvalue weighted by Crippen LogP contribution is 2.39. The van der Waals surface area contributed by atoms with Crippen LogP contribution in [0.5, 0.6) is 5.75 Å². The molecule has 20 heavy (non-hydrogen) atoms. The summed E-state index contributed by atoms with van der Waals surface area (Å²) in [7, 11) is -4.24. The molecule has 0 aliphatic rings. The third-order valence-corrected chi connectivity index (χ3v) is 3.44. The van der Waals surface area contributed by atoms with Crippen LogP contribution in [0.15, 0.2) is 36.9 Å². The van der Waals surface area contributed by atoms with Crippen molar-refractivity contribution >= 4 is 25.3 Å². The van der Waals surface area contributed by atoms with Gasteiger partial charge in [0.15, 0.2) is 0 Å². The first kappa shape index (κ1) is 16.7. The Morgan fingerprint density at radius 2 is 2.15 bits per heavy atom. The van der Waals surface area contributed by atoms with Crippen molar-refractivity contribution in [1.82, 2.24) is 5.09 Å². The van der Waals surface area contributed by atoms with Gasteiger partial charge in [-0.05, 0) is 31.2 Å². The molecule has 0 fully saturated rings. The van der Waals surface area contributed by atoms with E-state index in [-0.39, 0.29) is 12.4 Å². The van der Waals surface area contributed by atoms with E-state index in [0.717, 1.165) is 6.08 Å². The topological polar surface area (TPSA) is 84.9 Å². The van der Waals surface area contributed by atoms with Crippen molar-refractivity contribution in [2.24, 2.45) is 0 Å². The molecule has 0 heterocycles. The summed E-state index contributed by atoms with van der Waals surface area (Å²) in [6.07, 6.45) is 1.16. The number of nitrogens with one attached hydrogen (secondary N) is 1. The Morgan fingerprint density at radius 1 is 1.55 bits per heavy atom. The number of hydrogen-bond donors (Lipinski definition) is 2. The molecule has 0 amide bonds. The summed E-state index contributed by atoms with van der Waals surface area (Å²) in [5.41, 5.74) is 0. The fourth-order valence-electron chi connectivity index (χ4n) is 1.27. The molecule has 1 aromatic carbocycles. The second kappa shape index (κ2) is 7.45. The molecular weight excluding hydrogens is 305 g/mol. The monoisotopic (exact) mass is 319 g/mol. The smallest absolute Gasteiger partial charge is 0.457 e. The van der Waals surface area contributed by atoms with E-state index in [2.05, 4.69) is 11.7 Å². The molecule has 6 nitrogen and oxygen atoms in total. The van der Waals surface area contributed by atoms with Crippen molar-refractivity contribution in [3.8, 4) is 5.75 Å². The van der Waals surface area contributed by atoms with Crippen LogP contribution in [0.1, 0.15) is 6.92 Å². The lowest BCUT2D eigenvalue weighted by molar-refractivity contribution is -0.143. The van der Waals surface area contributed by atoms with Gasteiger partial charge in [-0.1, -0.05) is 17.7 Å². The van der Waals surface area contributed by atoms with Crippen LogP contribution in [-0.4, -0.2) is 23.5 Å². The van der Waals surface area contributed by atoms with Gasteiger partial charge < -0.3 is 14.2 Å². The Bertz CT molecular complexity index is 519. The van der Waals surface area contributed by atoms with Gasteiger partial charge in [0.2, 0.25) is 0 Å². The van der Waals surface area contributed by atoms with Crippen molar-refractivity contribution < 1.29 is 23.5 Å². The Balaban J connectivity index is 2.72. The van der Waals surface area contributed by atoms with Crippen LogP contribution < -0.4 is 9.61 Å².